The Bertz CT molecular complexity index is 875. The van der Waals surface area contributed by atoms with Gasteiger partial charge in [-0.05, 0) is 37.1 Å². The van der Waals surface area contributed by atoms with Crippen LogP contribution in [0.2, 0.25) is 0 Å². The average Bonchev–Trinajstić information content (AvgIpc) is 3.27. The summed E-state index contributed by atoms with van der Waals surface area (Å²) in [5.74, 6) is 1.56. The predicted molar refractivity (Wildman–Crippen MR) is 91.4 cm³/mol. The second kappa shape index (κ2) is 7.61. The number of furan rings is 1. The summed E-state index contributed by atoms with van der Waals surface area (Å²) in [4.78, 5) is 15.9. The molecule has 0 bridgehead atoms. The third-order valence-corrected chi connectivity index (χ3v) is 3.57. The number of aryl methyl sites for hydroxylation is 2. The summed E-state index contributed by atoms with van der Waals surface area (Å²) in [6.07, 6.45) is 3.81. The molecule has 0 unspecified atom stereocenters. The highest BCUT2D eigenvalue weighted by Gasteiger charge is 2.10. The second-order valence-electron chi connectivity index (χ2n) is 5.45. The van der Waals surface area contributed by atoms with E-state index in [0.717, 1.165) is 17.7 Å². The summed E-state index contributed by atoms with van der Waals surface area (Å²) in [5.41, 5.74) is 2.09. The van der Waals surface area contributed by atoms with Crippen molar-refractivity contribution in [2.45, 2.75) is 26.9 Å². The lowest BCUT2D eigenvalue weighted by Gasteiger charge is -1.97. The van der Waals surface area contributed by atoms with Crippen molar-refractivity contribution in [3.8, 4) is 11.4 Å². The van der Waals surface area contributed by atoms with Crippen molar-refractivity contribution in [3.63, 3.8) is 0 Å². The smallest absolute Gasteiger partial charge is 0.331 e. The van der Waals surface area contributed by atoms with Crippen LogP contribution in [0.4, 0.5) is 0 Å². The van der Waals surface area contributed by atoms with Crippen LogP contribution in [0, 0.1) is 6.92 Å². The number of hydrogen-bond acceptors (Lipinski definition) is 6. The summed E-state index contributed by atoms with van der Waals surface area (Å²) in [7, 11) is 0. The number of rotatable bonds is 6. The Kier molecular flexibility index (Phi) is 5.09. The molecule has 0 amide bonds. The number of carbonyl (C=O) groups excluding carboxylic acids is 1. The highest BCUT2D eigenvalue weighted by Crippen LogP contribution is 2.17. The van der Waals surface area contributed by atoms with Crippen LogP contribution >= 0.6 is 0 Å². The van der Waals surface area contributed by atoms with Crippen LogP contribution in [0.1, 0.15) is 29.9 Å². The third kappa shape index (κ3) is 4.44. The van der Waals surface area contributed by atoms with Gasteiger partial charge < -0.3 is 13.7 Å². The van der Waals surface area contributed by atoms with Crippen LogP contribution in [-0.4, -0.2) is 16.1 Å². The molecule has 1 aromatic carbocycles. The predicted octanol–water partition coefficient (Wildman–Crippen LogP) is 3.96. The van der Waals surface area contributed by atoms with Crippen LogP contribution in [0.5, 0.6) is 0 Å². The van der Waals surface area contributed by atoms with Gasteiger partial charge in [-0.25, -0.2) is 4.79 Å². The maximum atomic E-state index is 11.7. The van der Waals surface area contributed by atoms with E-state index in [1.54, 1.807) is 12.1 Å². The SMILES string of the molecule is CCc1ccc(-c2noc(COC(=O)/C=C/c3ccc(C)o3)n2)cc1. The van der Waals surface area contributed by atoms with E-state index in [9.17, 15) is 4.79 Å². The molecule has 0 saturated carbocycles. The Labute approximate surface area is 145 Å². The summed E-state index contributed by atoms with van der Waals surface area (Å²) < 4.78 is 15.5. The molecule has 128 valence electrons. The van der Waals surface area contributed by atoms with Gasteiger partial charge in [-0.15, -0.1) is 0 Å². The minimum absolute atomic E-state index is 0.0829. The molecule has 2 heterocycles. The Morgan fingerprint density at radius 3 is 2.68 bits per heavy atom. The van der Waals surface area contributed by atoms with E-state index < -0.39 is 5.97 Å². The molecule has 3 aromatic rings. The molecular formula is C19H18N2O4. The Balaban J connectivity index is 1.55. The maximum Gasteiger partial charge on any atom is 0.331 e. The monoisotopic (exact) mass is 338 g/mol. The Hall–Kier alpha value is -3.15. The van der Waals surface area contributed by atoms with Crippen LogP contribution in [0.15, 0.2) is 51.4 Å². The van der Waals surface area contributed by atoms with Crippen LogP contribution in [0.25, 0.3) is 17.5 Å². The van der Waals surface area contributed by atoms with Crippen molar-refractivity contribution in [1.29, 1.82) is 0 Å². The molecule has 0 N–H and O–H groups in total. The Morgan fingerprint density at radius 2 is 2.00 bits per heavy atom. The van der Waals surface area contributed by atoms with Gasteiger partial charge >= 0.3 is 5.97 Å². The summed E-state index contributed by atoms with van der Waals surface area (Å²) in [5, 5.41) is 3.91. The molecule has 6 nitrogen and oxygen atoms in total. The number of aromatic nitrogens is 2. The summed E-state index contributed by atoms with van der Waals surface area (Å²) in [6, 6.07) is 11.5. The van der Waals surface area contributed by atoms with Crippen molar-refractivity contribution in [3.05, 3.63) is 65.4 Å². The topological polar surface area (TPSA) is 78.4 Å². The van der Waals surface area contributed by atoms with Crippen molar-refractivity contribution in [2.75, 3.05) is 0 Å². The minimum Gasteiger partial charge on any atom is -0.462 e. The van der Waals surface area contributed by atoms with Crippen LogP contribution in [0.3, 0.4) is 0 Å². The fourth-order valence-electron chi connectivity index (χ4n) is 2.19. The van der Waals surface area contributed by atoms with Gasteiger partial charge in [0.05, 0.1) is 0 Å². The molecule has 0 saturated heterocycles. The first kappa shape index (κ1) is 16.7. The van der Waals surface area contributed by atoms with Crippen molar-refractivity contribution in [1.82, 2.24) is 10.1 Å². The van der Waals surface area contributed by atoms with Gasteiger partial charge in [0.1, 0.15) is 11.5 Å². The van der Waals surface area contributed by atoms with Crippen LogP contribution in [-0.2, 0) is 22.6 Å². The van der Waals surface area contributed by atoms with Gasteiger partial charge in [0.15, 0.2) is 6.61 Å². The van der Waals surface area contributed by atoms with E-state index in [4.69, 9.17) is 13.7 Å². The zero-order valence-corrected chi connectivity index (χ0v) is 14.1. The number of carbonyl (C=O) groups is 1. The highest BCUT2D eigenvalue weighted by atomic mass is 16.6. The van der Waals surface area contributed by atoms with E-state index >= 15 is 0 Å². The molecule has 2 aromatic heterocycles. The molecule has 3 rings (SSSR count). The van der Waals surface area contributed by atoms with Gasteiger partial charge in [-0.2, -0.15) is 4.98 Å². The first-order valence-electron chi connectivity index (χ1n) is 7.97. The summed E-state index contributed by atoms with van der Waals surface area (Å²) in [6.45, 7) is 3.84. The van der Waals surface area contributed by atoms with Gasteiger partial charge in [0.25, 0.3) is 5.89 Å². The lowest BCUT2D eigenvalue weighted by atomic mass is 10.1. The largest absolute Gasteiger partial charge is 0.462 e. The number of nitrogens with zero attached hydrogens (tertiary/aromatic N) is 2. The van der Waals surface area contributed by atoms with E-state index in [-0.39, 0.29) is 12.5 Å². The normalized spacial score (nSPS) is 11.1. The molecule has 0 aliphatic rings. The standard InChI is InChI=1S/C19H18N2O4/c1-3-14-5-7-15(8-6-14)19-20-17(25-21-19)12-23-18(22)11-10-16-9-4-13(2)24-16/h4-11H,3,12H2,1-2H3/b11-10+. The van der Waals surface area contributed by atoms with Gasteiger partial charge in [0.2, 0.25) is 5.82 Å². The molecule has 0 radical (unpaired) electrons. The second-order valence-corrected chi connectivity index (χ2v) is 5.45. The molecule has 6 heteroatoms. The fourth-order valence-corrected chi connectivity index (χ4v) is 2.19. The third-order valence-electron chi connectivity index (χ3n) is 3.57. The first-order valence-corrected chi connectivity index (χ1v) is 7.97. The van der Waals surface area contributed by atoms with E-state index in [2.05, 4.69) is 17.1 Å². The average molecular weight is 338 g/mol. The number of benzene rings is 1. The zero-order chi connectivity index (χ0) is 17.6. The Morgan fingerprint density at radius 1 is 1.20 bits per heavy atom. The maximum absolute atomic E-state index is 11.7. The molecule has 0 atom stereocenters. The minimum atomic E-state index is -0.513. The molecule has 25 heavy (non-hydrogen) atoms. The van der Waals surface area contributed by atoms with E-state index in [0.29, 0.717) is 11.6 Å². The molecule has 0 fully saturated rings. The first-order chi connectivity index (χ1) is 12.1. The van der Waals surface area contributed by atoms with Gasteiger partial charge in [-0.3, -0.25) is 0 Å². The number of hydrogen-bond donors (Lipinski definition) is 0. The zero-order valence-electron chi connectivity index (χ0n) is 14.1. The molecular weight excluding hydrogens is 320 g/mol. The lowest BCUT2D eigenvalue weighted by molar-refractivity contribution is -0.139. The van der Waals surface area contributed by atoms with Crippen molar-refractivity contribution in [2.24, 2.45) is 0 Å². The van der Waals surface area contributed by atoms with E-state index in [1.807, 2.05) is 37.3 Å². The number of ether oxygens (including phenoxy) is 1. The highest BCUT2D eigenvalue weighted by molar-refractivity contribution is 5.86. The van der Waals surface area contributed by atoms with Crippen molar-refractivity contribution >= 4 is 12.0 Å². The van der Waals surface area contributed by atoms with Gasteiger partial charge in [0, 0.05) is 11.6 Å². The summed E-state index contributed by atoms with van der Waals surface area (Å²) >= 11 is 0. The molecule has 0 spiro atoms. The molecule has 0 aliphatic heterocycles. The lowest BCUT2D eigenvalue weighted by Crippen LogP contribution is -2.00. The quantitative estimate of drug-likeness (QED) is 0.500. The van der Waals surface area contributed by atoms with E-state index in [1.165, 1.54) is 11.6 Å². The molecule has 0 aliphatic carbocycles. The fraction of sp³-hybridized carbons (Fsp3) is 0.211. The van der Waals surface area contributed by atoms with Crippen LogP contribution < -0.4 is 0 Å². The van der Waals surface area contributed by atoms with Crippen molar-refractivity contribution < 1.29 is 18.5 Å². The number of esters is 1. The van der Waals surface area contributed by atoms with Gasteiger partial charge in [-0.1, -0.05) is 36.3 Å².